The number of carbonyl (C=O) groups is 1. The Hall–Kier alpha value is -2.79. The molecule has 0 bridgehead atoms. The first-order valence-electron chi connectivity index (χ1n) is 8.28. The number of nitrogens with zero attached hydrogens (tertiary/aromatic N) is 3. The normalized spacial score (nSPS) is 10.6. The Balaban J connectivity index is 1.81. The van der Waals surface area contributed by atoms with Crippen molar-refractivity contribution in [3.8, 4) is 11.5 Å². The lowest BCUT2D eigenvalue weighted by Crippen LogP contribution is -2.09. The summed E-state index contributed by atoms with van der Waals surface area (Å²) in [4.78, 5) is 25.4. The summed E-state index contributed by atoms with van der Waals surface area (Å²) in [5.41, 5.74) is 2.74. The lowest BCUT2D eigenvalue weighted by molar-refractivity contribution is 0.0986. The second-order valence-corrected chi connectivity index (χ2v) is 6.28. The molecule has 0 aliphatic heterocycles. The van der Waals surface area contributed by atoms with Crippen molar-refractivity contribution in [3.63, 3.8) is 0 Å². The van der Waals surface area contributed by atoms with Gasteiger partial charge in [0.05, 0.1) is 17.6 Å². The fraction of sp³-hybridized carbons (Fsp3) is 0.200. The zero-order valence-electron chi connectivity index (χ0n) is 14.6. The van der Waals surface area contributed by atoms with Crippen LogP contribution >= 0.6 is 11.6 Å². The monoisotopic (exact) mass is 367 g/mol. The van der Waals surface area contributed by atoms with Crippen molar-refractivity contribution in [3.05, 3.63) is 76.6 Å². The van der Waals surface area contributed by atoms with Crippen molar-refractivity contribution in [1.29, 1.82) is 0 Å². The molecule has 3 heterocycles. The third kappa shape index (κ3) is 4.64. The molecule has 0 N–H and O–H groups in total. The summed E-state index contributed by atoms with van der Waals surface area (Å²) in [7, 11) is 0. The van der Waals surface area contributed by atoms with E-state index in [2.05, 4.69) is 15.0 Å². The van der Waals surface area contributed by atoms with Crippen LogP contribution in [-0.2, 0) is 12.8 Å². The van der Waals surface area contributed by atoms with Gasteiger partial charge in [-0.3, -0.25) is 14.8 Å². The molecule has 0 saturated heterocycles. The molecule has 3 rings (SSSR count). The Labute approximate surface area is 157 Å². The van der Waals surface area contributed by atoms with Gasteiger partial charge in [0.25, 0.3) is 0 Å². The highest BCUT2D eigenvalue weighted by atomic mass is 35.5. The predicted octanol–water partition coefficient (Wildman–Crippen LogP) is 4.61. The molecule has 0 aromatic carbocycles. The molecule has 0 saturated carbocycles. The zero-order valence-corrected chi connectivity index (χ0v) is 15.3. The molecule has 0 radical (unpaired) electrons. The Kier molecular flexibility index (Phi) is 5.58. The van der Waals surface area contributed by atoms with E-state index >= 15 is 0 Å². The number of aromatic nitrogens is 3. The summed E-state index contributed by atoms with van der Waals surface area (Å²) >= 11 is 5.92. The molecular formula is C20H18ClN3O2. The average molecular weight is 368 g/mol. The maximum atomic E-state index is 12.6. The number of ketones is 1. The van der Waals surface area contributed by atoms with Crippen molar-refractivity contribution in [2.45, 2.75) is 26.7 Å². The minimum absolute atomic E-state index is 0.108. The first-order valence-corrected chi connectivity index (χ1v) is 8.66. The van der Waals surface area contributed by atoms with Crippen LogP contribution in [0, 0.1) is 6.92 Å². The minimum atomic E-state index is -0.108. The summed E-state index contributed by atoms with van der Waals surface area (Å²) in [5.74, 6) is 0.905. The van der Waals surface area contributed by atoms with E-state index in [1.165, 1.54) is 6.20 Å². The molecule has 3 aromatic heterocycles. The molecule has 0 spiro atoms. The van der Waals surface area contributed by atoms with E-state index in [9.17, 15) is 4.79 Å². The maximum absolute atomic E-state index is 12.6. The number of aryl methyl sites for hydroxylation is 2. The lowest BCUT2D eigenvalue weighted by Gasteiger charge is -2.09. The number of halogens is 1. The molecule has 0 aliphatic rings. The van der Waals surface area contributed by atoms with Gasteiger partial charge in [-0.2, -0.15) is 0 Å². The van der Waals surface area contributed by atoms with Gasteiger partial charge in [-0.25, -0.2) is 4.98 Å². The van der Waals surface area contributed by atoms with E-state index in [-0.39, 0.29) is 12.2 Å². The largest absolute Gasteiger partial charge is 0.456 e. The minimum Gasteiger partial charge on any atom is -0.456 e. The standard InChI is InChI=1S/C20H18ClN3O2/c1-3-15-5-4-6-16(24-15)9-20(25)19-10-17(7-13(2)23-19)26-18-8-14(21)11-22-12-18/h4-8,10-12H,3,9H2,1-2H3. The smallest absolute Gasteiger partial charge is 0.187 e. The Morgan fingerprint density at radius 2 is 1.88 bits per heavy atom. The highest BCUT2D eigenvalue weighted by Gasteiger charge is 2.13. The van der Waals surface area contributed by atoms with Crippen LogP contribution in [0.25, 0.3) is 0 Å². The van der Waals surface area contributed by atoms with Gasteiger partial charge in [0, 0.05) is 41.5 Å². The second kappa shape index (κ2) is 8.06. The topological polar surface area (TPSA) is 65.0 Å². The molecule has 0 amide bonds. The fourth-order valence-electron chi connectivity index (χ4n) is 2.50. The number of rotatable bonds is 6. The van der Waals surface area contributed by atoms with Crippen molar-refractivity contribution < 1.29 is 9.53 Å². The highest BCUT2D eigenvalue weighted by molar-refractivity contribution is 6.30. The molecule has 6 heteroatoms. The molecule has 5 nitrogen and oxygen atoms in total. The summed E-state index contributed by atoms with van der Waals surface area (Å²) in [6, 6.07) is 10.8. The third-order valence-electron chi connectivity index (χ3n) is 3.70. The van der Waals surface area contributed by atoms with E-state index in [0.29, 0.717) is 27.9 Å². The SMILES string of the molecule is CCc1cccc(CC(=O)c2cc(Oc3cncc(Cl)c3)cc(C)n2)n1. The Morgan fingerprint density at radius 1 is 1.08 bits per heavy atom. The zero-order chi connectivity index (χ0) is 18.5. The van der Waals surface area contributed by atoms with E-state index in [0.717, 1.165) is 17.8 Å². The van der Waals surface area contributed by atoms with Gasteiger partial charge in [0.1, 0.15) is 17.2 Å². The molecule has 0 aliphatic carbocycles. The van der Waals surface area contributed by atoms with Crippen LogP contribution in [0.4, 0.5) is 0 Å². The quantitative estimate of drug-likeness (QED) is 0.595. The van der Waals surface area contributed by atoms with Gasteiger partial charge >= 0.3 is 0 Å². The van der Waals surface area contributed by atoms with Gasteiger partial charge in [-0.1, -0.05) is 24.6 Å². The molecule has 26 heavy (non-hydrogen) atoms. The van der Waals surface area contributed by atoms with Crippen LogP contribution in [0.1, 0.15) is 34.5 Å². The van der Waals surface area contributed by atoms with Crippen LogP contribution in [0.5, 0.6) is 11.5 Å². The van der Waals surface area contributed by atoms with Crippen LogP contribution < -0.4 is 4.74 Å². The first kappa shape index (κ1) is 18.0. The summed E-state index contributed by atoms with van der Waals surface area (Å²) in [5, 5.41) is 0.478. The number of hydrogen-bond donors (Lipinski definition) is 0. The van der Waals surface area contributed by atoms with Crippen LogP contribution in [0.3, 0.4) is 0 Å². The Bertz CT molecular complexity index is 944. The molecular weight excluding hydrogens is 350 g/mol. The Morgan fingerprint density at radius 3 is 2.65 bits per heavy atom. The maximum Gasteiger partial charge on any atom is 0.187 e. The van der Waals surface area contributed by atoms with Crippen LogP contribution in [0.2, 0.25) is 5.02 Å². The fourth-order valence-corrected chi connectivity index (χ4v) is 2.67. The predicted molar refractivity (Wildman–Crippen MR) is 99.9 cm³/mol. The van der Waals surface area contributed by atoms with E-state index in [4.69, 9.17) is 16.3 Å². The number of pyridine rings is 3. The molecule has 0 fully saturated rings. The number of hydrogen-bond acceptors (Lipinski definition) is 5. The van der Waals surface area contributed by atoms with E-state index in [1.54, 1.807) is 24.4 Å². The summed E-state index contributed by atoms with van der Waals surface area (Å²) in [6.45, 7) is 3.85. The molecule has 0 atom stereocenters. The van der Waals surface area contributed by atoms with Gasteiger partial charge in [-0.15, -0.1) is 0 Å². The van der Waals surface area contributed by atoms with Crippen molar-refractivity contribution in [1.82, 2.24) is 15.0 Å². The van der Waals surface area contributed by atoms with E-state index in [1.807, 2.05) is 32.0 Å². The molecule has 132 valence electrons. The number of carbonyl (C=O) groups excluding carboxylic acids is 1. The average Bonchev–Trinajstić information content (AvgIpc) is 2.61. The van der Waals surface area contributed by atoms with E-state index < -0.39 is 0 Å². The van der Waals surface area contributed by atoms with Crippen LogP contribution in [-0.4, -0.2) is 20.7 Å². The highest BCUT2D eigenvalue weighted by Crippen LogP contribution is 2.24. The van der Waals surface area contributed by atoms with Gasteiger partial charge in [-0.05, 0) is 25.5 Å². The molecule has 0 unspecified atom stereocenters. The van der Waals surface area contributed by atoms with Gasteiger partial charge in [0.15, 0.2) is 5.78 Å². The van der Waals surface area contributed by atoms with Crippen molar-refractivity contribution in [2.24, 2.45) is 0 Å². The third-order valence-corrected chi connectivity index (χ3v) is 3.90. The number of ether oxygens (including phenoxy) is 1. The summed E-state index contributed by atoms with van der Waals surface area (Å²) < 4.78 is 5.76. The molecule has 3 aromatic rings. The first-order chi connectivity index (χ1) is 12.5. The number of Topliss-reactive ketones (excluding diaryl/α,β-unsaturated/α-hetero) is 1. The summed E-state index contributed by atoms with van der Waals surface area (Å²) in [6.07, 6.45) is 4.11. The second-order valence-electron chi connectivity index (χ2n) is 5.84. The van der Waals surface area contributed by atoms with Crippen molar-refractivity contribution in [2.75, 3.05) is 0 Å². The van der Waals surface area contributed by atoms with Gasteiger partial charge < -0.3 is 4.74 Å². The van der Waals surface area contributed by atoms with Crippen molar-refractivity contribution >= 4 is 17.4 Å². The van der Waals surface area contributed by atoms with Crippen LogP contribution in [0.15, 0.2) is 48.8 Å². The van der Waals surface area contributed by atoms with Gasteiger partial charge in [0.2, 0.25) is 0 Å². The lowest BCUT2D eigenvalue weighted by atomic mass is 10.1.